The van der Waals surface area contributed by atoms with Crippen molar-refractivity contribution >= 4 is 0 Å². The van der Waals surface area contributed by atoms with Crippen LogP contribution >= 0.6 is 0 Å². The summed E-state index contributed by atoms with van der Waals surface area (Å²) in [5.74, 6) is 0.317. The summed E-state index contributed by atoms with van der Waals surface area (Å²) >= 11 is 0. The summed E-state index contributed by atoms with van der Waals surface area (Å²) < 4.78 is 1.59. The number of likely N-dealkylation sites (tertiary alicyclic amines) is 1. The lowest BCUT2D eigenvalue weighted by molar-refractivity contribution is 0.0567. The molecule has 2 heterocycles. The summed E-state index contributed by atoms with van der Waals surface area (Å²) in [5.41, 5.74) is 2.12. The first-order valence-electron chi connectivity index (χ1n) is 8.24. The van der Waals surface area contributed by atoms with E-state index in [2.05, 4.69) is 4.90 Å². The van der Waals surface area contributed by atoms with Gasteiger partial charge in [0.25, 0.3) is 5.56 Å². The first-order chi connectivity index (χ1) is 11.1. The van der Waals surface area contributed by atoms with Crippen molar-refractivity contribution in [3.63, 3.8) is 0 Å². The van der Waals surface area contributed by atoms with E-state index in [1.165, 1.54) is 0 Å². The third kappa shape index (κ3) is 3.89. The highest BCUT2D eigenvalue weighted by Gasteiger charge is 2.26. The second-order valence-electron chi connectivity index (χ2n) is 6.45. The van der Waals surface area contributed by atoms with E-state index in [4.69, 9.17) is 0 Å². The summed E-state index contributed by atoms with van der Waals surface area (Å²) in [4.78, 5) is 14.1. The van der Waals surface area contributed by atoms with E-state index < -0.39 is 0 Å². The van der Waals surface area contributed by atoms with Crippen molar-refractivity contribution in [2.24, 2.45) is 13.0 Å². The van der Waals surface area contributed by atoms with Crippen LogP contribution in [0.4, 0.5) is 0 Å². The van der Waals surface area contributed by atoms with Gasteiger partial charge >= 0.3 is 0 Å². The largest absolute Gasteiger partial charge is 0.388 e. The molecule has 0 bridgehead atoms. The number of hydrogen-bond donors (Lipinski definition) is 1. The molecule has 1 saturated heterocycles. The maximum absolute atomic E-state index is 11.7. The predicted octanol–water partition coefficient (Wildman–Crippen LogP) is 2.33. The van der Waals surface area contributed by atoms with Crippen molar-refractivity contribution in [2.45, 2.75) is 25.5 Å². The van der Waals surface area contributed by atoms with Crippen molar-refractivity contribution < 1.29 is 5.11 Å². The van der Waals surface area contributed by atoms with Gasteiger partial charge in [-0.05, 0) is 49.0 Å². The number of aliphatic hydroxyl groups is 1. The van der Waals surface area contributed by atoms with E-state index in [0.29, 0.717) is 5.92 Å². The van der Waals surface area contributed by atoms with Gasteiger partial charge in [-0.15, -0.1) is 0 Å². The lowest BCUT2D eigenvalue weighted by Crippen LogP contribution is -2.35. The van der Waals surface area contributed by atoms with E-state index >= 15 is 0 Å². The zero-order valence-corrected chi connectivity index (χ0v) is 13.6. The highest BCUT2D eigenvalue weighted by Crippen LogP contribution is 2.30. The zero-order chi connectivity index (χ0) is 16.2. The smallest absolute Gasteiger partial charge is 0.250 e. The van der Waals surface area contributed by atoms with Crippen molar-refractivity contribution in [1.82, 2.24) is 9.47 Å². The van der Waals surface area contributed by atoms with Crippen molar-refractivity contribution in [3.8, 4) is 0 Å². The summed E-state index contributed by atoms with van der Waals surface area (Å²) in [6, 6.07) is 13.6. The standard InChI is InChI=1S/C19H24N2O2/c1-20-10-7-15(13-18(20)22)14-21-11-8-17(9-12-21)19(23)16-5-3-2-4-6-16/h2-7,10,13,17,19,23H,8-9,11-12,14H2,1H3/t19-/m1/s1. The average Bonchev–Trinajstić information content (AvgIpc) is 2.59. The molecule has 1 aromatic carbocycles. The molecule has 2 aromatic rings. The molecule has 1 fully saturated rings. The topological polar surface area (TPSA) is 45.5 Å². The molecule has 122 valence electrons. The molecule has 0 spiro atoms. The minimum absolute atomic E-state index is 0.0388. The van der Waals surface area contributed by atoms with E-state index in [-0.39, 0.29) is 11.7 Å². The fraction of sp³-hybridized carbons (Fsp3) is 0.421. The van der Waals surface area contributed by atoms with Gasteiger partial charge in [0.05, 0.1) is 6.10 Å². The molecule has 0 aliphatic carbocycles. The lowest BCUT2D eigenvalue weighted by Gasteiger charge is -2.34. The molecule has 0 amide bonds. The molecular formula is C19H24N2O2. The van der Waals surface area contributed by atoms with Crippen molar-refractivity contribution in [1.29, 1.82) is 0 Å². The Labute approximate surface area is 137 Å². The number of nitrogens with zero attached hydrogens (tertiary/aromatic N) is 2. The molecule has 1 atom stereocenters. The van der Waals surface area contributed by atoms with Gasteiger partial charge < -0.3 is 9.67 Å². The van der Waals surface area contributed by atoms with Gasteiger partial charge in [-0.3, -0.25) is 9.69 Å². The molecule has 1 aliphatic rings. The zero-order valence-electron chi connectivity index (χ0n) is 13.6. The Hall–Kier alpha value is -1.91. The molecule has 1 aliphatic heterocycles. The molecule has 1 aromatic heterocycles. The van der Waals surface area contributed by atoms with Crippen LogP contribution in [0.5, 0.6) is 0 Å². The fourth-order valence-electron chi connectivity index (χ4n) is 3.30. The second kappa shape index (κ2) is 7.11. The van der Waals surface area contributed by atoms with Crippen LogP contribution in [-0.4, -0.2) is 27.7 Å². The van der Waals surface area contributed by atoms with Crippen LogP contribution in [0.1, 0.15) is 30.1 Å². The molecule has 1 N–H and O–H groups in total. The van der Waals surface area contributed by atoms with Crippen LogP contribution in [0.25, 0.3) is 0 Å². The lowest BCUT2D eigenvalue weighted by atomic mass is 9.87. The number of aliphatic hydroxyl groups excluding tert-OH is 1. The monoisotopic (exact) mass is 312 g/mol. The van der Waals surface area contributed by atoms with Gasteiger partial charge in [0.15, 0.2) is 0 Å². The van der Waals surface area contributed by atoms with E-state index in [0.717, 1.165) is 43.6 Å². The Bertz CT molecular complexity index is 688. The first kappa shape index (κ1) is 16.0. The minimum atomic E-state index is -0.373. The van der Waals surface area contributed by atoms with Gasteiger partial charge in [0.1, 0.15) is 0 Å². The van der Waals surface area contributed by atoms with Gasteiger partial charge in [-0.1, -0.05) is 30.3 Å². The number of hydrogen-bond acceptors (Lipinski definition) is 3. The van der Waals surface area contributed by atoms with E-state index in [9.17, 15) is 9.90 Å². The van der Waals surface area contributed by atoms with Crippen LogP contribution in [0.2, 0.25) is 0 Å². The Morgan fingerprint density at radius 3 is 2.52 bits per heavy atom. The number of rotatable bonds is 4. The number of pyridine rings is 1. The van der Waals surface area contributed by atoms with E-state index in [1.54, 1.807) is 17.7 Å². The number of aromatic nitrogens is 1. The molecule has 3 rings (SSSR count). The van der Waals surface area contributed by atoms with Gasteiger partial charge in [0, 0.05) is 25.9 Å². The Balaban J connectivity index is 1.56. The molecule has 0 saturated carbocycles. The minimum Gasteiger partial charge on any atom is -0.388 e. The molecular weight excluding hydrogens is 288 g/mol. The first-order valence-corrected chi connectivity index (χ1v) is 8.24. The third-order valence-electron chi connectivity index (χ3n) is 4.79. The summed E-state index contributed by atoms with van der Waals surface area (Å²) in [6.07, 6.45) is 3.42. The number of piperidine rings is 1. The highest BCUT2D eigenvalue weighted by molar-refractivity contribution is 5.18. The quantitative estimate of drug-likeness (QED) is 0.942. The molecule has 4 nitrogen and oxygen atoms in total. The second-order valence-corrected chi connectivity index (χ2v) is 6.45. The summed E-state index contributed by atoms with van der Waals surface area (Å²) in [7, 11) is 1.77. The van der Waals surface area contributed by atoms with Gasteiger partial charge in [0.2, 0.25) is 0 Å². The van der Waals surface area contributed by atoms with Crippen molar-refractivity contribution in [3.05, 3.63) is 70.1 Å². The Morgan fingerprint density at radius 1 is 1.17 bits per heavy atom. The van der Waals surface area contributed by atoms with Crippen molar-refractivity contribution in [2.75, 3.05) is 13.1 Å². The van der Waals surface area contributed by atoms with Gasteiger partial charge in [-0.25, -0.2) is 0 Å². The SMILES string of the molecule is Cn1ccc(CN2CCC([C@H](O)c3ccccc3)CC2)cc1=O. The predicted molar refractivity (Wildman–Crippen MR) is 91.1 cm³/mol. The Morgan fingerprint density at radius 2 is 1.87 bits per heavy atom. The summed E-state index contributed by atoms with van der Waals surface area (Å²) in [6.45, 7) is 2.73. The Kier molecular flexibility index (Phi) is 4.94. The van der Waals surface area contributed by atoms with Crippen LogP contribution in [0.15, 0.2) is 53.5 Å². The maximum Gasteiger partial charge on any atom is 0.250 e. The van der Waals surface area contributed by atoms with Crippen LogP contribution in [0.3, 0.4) is 0 Å². The third-order valence-corrected chi connectivity index (χ3v) is 4.79. The average molecular weight is 312 g/mol. The van der Waals surface area contributed by atoms with Gasteiger partial charge in [-0.2, -0.15) is 0 Å². The molecule has 23 heavy (non-hydrogen) atoms. The van der Waals surface area contributed by atoms with E-state index in [1.807, 2.05) is 42.6 Å². The number of aryl methyl sites for hydroxylation is 1. The molecule has 0 unspecified atom stereocenters. The van der Waals surface area contributed by atoms with Crippen LogP contribution in [-0.2, 0) is 13.6 Å². The maximum atomic E-state index is 11.7. The highest BCUT2D eigenvalue weighted by atomic mass is 16.3. The van der Waals surface area contributed by atoms with Crippen LogP contribution in [0, 0.1) is 5.92 Å². The summed E-state index contributed by atoms with van der Waals surface area (Å²) in [5, 5.41) is 10.5. The normalized spacial score (nSPS) is 18.0. The molecule has 0 radical (unpaired) electrons. The number of benzene rings is 1. The molecule has 4 heteroatoms. The van der Waals surface area contributed by atoms with Crippen LogP contribution < -0.4 is 5.56 Å². The fourth-order valence-corrected chi connectivity index (χ4v) is 3.30.